The van der Waals surface area contributed by atoms with Gasteiger partial charge in [0.05, 0.1) is 12.2 Å². The van der Waals surface area contributed by atoms with Crippen LogP contribution >= 0.6 is 0 Å². The molecule has 0 saturated carbocycles. The van der Waals surface area contributed by atoms with Gasteiger partial charge in [0.1, 0.15) is 0 Å². The molecule has 0 aliphatic carbocycles. The fourth-order valence-electron chi connectivity index (χ4n) is 2.99. The van der Waals surface area contributed by atoms with Crippen molar-refractivity contribution in [2.75, 3.05) is 41.4 Å². The lowest BCUT2D eigenvalue weighted by atomic mass is 10.2. The zero-order chi connectivity index (χ0) is 14.8. The van der Waals surface area contributed by atoms with Crippen LogP contribution in [0, 0.1) is 0 Å². The molecule has 2 fully saturated rings. The summed E-state index contributed by atoms with van der Waals surface area (Å²) in [6.07, 6.45) is 2.84. The molecule has 3 N–H and O–H groups in total. The van der Waals surface area contributed by atoms with E-state index in [9.17, 15) is 0 Å². The second kappa shape index (κ2) is 5.98. The van der Waals surface area contributed by atoms with Crippen molar-refractivity contribution in [3.63, 3.8) is 0 Å². The highest BCUT2D eigenvalue weighted by atomic mass is 16.5. The molecule has 2 unspecified atom stereocenters. The first kappa shape index (κ1) is 14.3. The zero-order valence-electron chi connectivity index (χ0n) is 12.6. The fourth-order valence-corrected chi connectivity index (χ4v) is 2.99. The maximum atomic E-state index is 5.86. The molecular formula is C13H23N7O. The van der Waals surface area contributed by atoms with Crippen LogP contribution in [0.5, 0.6) is 0 Å². The third-order valence-electron chi connectivity index (χ3n) is 4.11. The summed E-state index contributed by atoms with van der Waals surface area (Å²) >= 11 is 0. The number of aromatic nitrogens is 3. The summed E-state index contributed by atoms with van der Waals surface area (Å²) in [6, 6.07) is 0. The molecule has 0 spiro atoms. The number of hydrogen-bond acceptors (Lipinski definition) is 8. The van der Waals surface area contributed by atoms with E-state index >= 15 is 0 Å². The highest BCUT2D eigenvalue weighted by molar-refractivity contribution is 5.45. The summed E-state index contributed by atoms with van der Waals surface area (Å²) in [6.45, 7) is 7.52. The molecular weight excluding hydrogens is 270 g/mol. The standard InChI is InChI=1S/C13H23N7O/c1-3-19(4-2)12-15-11(18-14)16-13(17-12)20-7-9-5-6-10(8-20)21-9/h9-10H,3-8,14H2,1-2H3,(H,15,16,17,18). The first-order valence-electron chi connectivity index (χ1n) is 7.61. The Morgan fingerprint density at radius 2 is 1.86 bits per heavy atom. The van der Waals surface area contributed by atoms with Crippen molar-refractivity contribution >= 4 is 17.8 Å². The Kier molecular flexibility index (Phi) is 4.07. The molecule has 0 aromatic carbocycles. The van der Waals surface area contributed by atoms with Crippen LogP contribution in [0.4, 0.5) is 17.8 Å². The van der Waals surface area contributed by atoms with E-state index in [1.807, 2.05) is 0 Å². The Balaban J connectivity index is 1.88. The van der Waals surface area contributed by atoms with Crippen molar-refractivity contribution < 1.29 is 4.74 Å². The van der Waals surface area contributed by atoms with E-state index in [0.717, 1.165) is 39.0 Å². The van der Waals surface area contributed by atoms with Crippen LogP contribution in [0.1, 0.15) is 26.7 Å². The number of nitrogens with zero attached hydrogens (tertiary/aromatic N) is 5. The molecule has 2 aliphatic rings. The molecule has 0 radical (unpaired) electrons. The Labute approximate surface area is 124 Å². The predicted octanol–water partition coefficient (Wildman–Crippen LogP) is 0.371. The van der Waals surface area contributed by atoms with Gasteiger partial charge in [0.2, 0.25) is 17.8 Å². The van der Waals surface area contributed by atoms with Crippen molar-refractivity contribution in [1.29, 1.82) is 0 Å². The fraction of sp³-hybridized carbons (Fsp3) is 0.769. The third-order valence-corrected chi connectivity index (χ3v) is 4.11. The summed E-state index contributed by atoms with van der Waals surface area (Å²) in [4.78, 5) is 17.6. The van der Waals surface area contributed by atoms with E-state index in [1.165, 1.54) is 0 Å². The first-order valence-corrected chi connectivity index (χ1v) is 7.61. The van der Waals surface area contributed by atoms with Crippen molar-refractivity contribution in [3.8, 4) is 0 Å². The number of nitrogens with two attached hydrogens (primary N) is 1. The number of ether oxygens (including phenoxy) is 1. The number of fused-ring (bicyclic) bond motifs is 2. The Morgan fingerprint density at radius 3 is 2.43 bits per heavy atom. The molecule has 1 aromatic heterocycles. The van der Waals surface area contributed by atoms with Crippen LogP contribution < -0.4 is 21.1 Å². The van der Waals surface area contributed by atoms with Gasteiger partial charge in [0, 0.05) is 26.2 Å². The molecule has 2 aliphatic heterocycles. The minimum absolute atomic E-state index is 0.298. The summed E-state index contributed by atoms with van der Waals surface area (Å²) in [5.41, 5.74) is 2.54. The molecule has 0 amide bonds. The maximum Gasteiger partial charge on any atom is 0.243 e. The lowest BCUT2D eigenvalue weighted by molar-refractivity contribution is 0.0299. The Hall–Kier alpha value is -1.67. The number of hydrazine groups is 1. The average molecular weight is 293 g/mol. The molecule has 8 heteroatoms. The summed E-state index contributed by atoms with van der Waals surface area (Å²) in [5.74, 6) is 7.25. The second-order valence-electron chi connectivity index (χ2n) is 5.44. The quantitative estimate of drug-likeness (QED) is 0.594. The van der Waals surface area contributed by atoms with Gasteiger partial charge in [-0.2, -0.15) is 15.0 Å². The van der Waals surface area contributed by atoms with Gasteiger partial charge in [-0.05, 0) is 26.7 Å². The van der Waals surface area contributed by atoms with Crippen LogP contribution in [0.15, 0.2) is 0 Å². The van der Waals surface area contributed by atoms with Gasteiger partial charge in [-0.3, -0.25) is 5.43 Å². The van der Waals surface area contributed by atoms with Crippen LogP contribution in [0.2, 0.25) is 0 Å². The van der Waals surface area contributed by atoms with Crippen LogP contribution in [-0.4, -0.2) is 53.3 Å². The highest BCUT2D eigenvalue weighted by Gasteiger charge is 2.35. The molecule has 1 aromatic rings. The van der Waals surface area contributed by atoms with Gasteiger partial charge in [-0.15, -0.1) is 0 Å². The van der Waals surface area contributed by atoms with E-state index in [4.69, 9.17) is 10.6 Å². The van der Waals surface area contributed by atoms with Crippen LogP contribution in [0.3, 0.4) is 0 Å². The SMILES string of the molecule is CCN(CC)c1nc(NN)nc(N2CC3CCC(C2)O3)n1. The van der Waals surface area contributed by atoms with E-state index < -0.39 is 0 Å². The van der Waals surface area contributed by atoms with E-state index in [0.29, 0.717) is 30.1 Å². The van der Waals surface area contributed by atoms with E-state index in [1.54, 1.807) is 0 Å². The number of morpholine rings is 1. The maximum absolute atomic E-state index is 5.86. The number of anilines is 3. The van der Waals surface area contributed by atoms with Gasteiger partial charge in [-0.25, -0.2) is 5.84 Å². The normalized spacial score (nSPS) is 24.2. The average Bonchev–Trinajstić information content (AvgIpc) is 2.86. The molecule has 116 valence electrons. The Bertz CT molecular complexity index is 481. The van der Waals surface area contributed by atoms with Crippen LogP contribution in [-0.2, 0) is 4.74 Å². The second-order valence-corrected chi connectivity index (χ2v) is 5.44. The minimum atomic E-state index is 0.298. The van der Waals surface area contributed by atoms with Crippen molar-refractivity contribution in [2.24, 2.45) is 5.84 Å². The number of rotatable bonds is 5. The van der Waals surface area contributed by atoms with Crippen molar-refractivity contribution in [3.05, 3.63) is 0 Å². The van der Waals surface area contributed by atoms with E-state index in [-0.39, 0.29) is 0 Å². The number of hydrogen-bond donors (Lipinski definition) is 2. The molecule has 8 nitrogen and oxygen atoms in total. The van der Waals surface area contributed by atoms with Crippen molar-refractivity contribution in [2.45, 2.75) is 38.9 Å². The first-order chi connectivity index (χ1) is 10.2. The molecule has 3 rings (SSSR count). The molecule has 21 heavy (non-hydrogen) atoms. The third kappa shape index (κ3) is 2.86. The van der Waals surface area contributed by atoms with Gasteiger partial charge in [0.25, 0.3) is 0 Å². The number of nitrogen functional groups attached to an aromatic ring is 1. The smallest absolute Gasteiger partial charge is 0.243 e. The molecule has 2 bridgehead atoms. The highest BCUT2D eigenvalue weighted by Crippen LogP contribution is 2.29. The van der Waals surface area contributed by atoms with Gasteiger partial charge < -0.3 is 14.5 Å². The van der Waals surface area contributed by atoms with Gasteiger partial charge in [-0.1, -0.05) is 0 Å². The number of nitrogens with one attached hydrogen (secondary N) is 1. The lowest BCUT2D eigenvalue weighted by Gasteiger charge is -2.32. The van der Waals surface area contributed by atoms with Gasteiger partial charge >= 0.3 is 0 Å². The van der Waals surface area contributed by atoms with Gasteiger partial charge in [0.15, 0.2) is 0 Å². The predicted molar refractivity (Wildman–Crippen MR) is 81.3 cm³/mol. The minimum Gasteiger partial charge on any atom is -0.371 e. The molecule has 3 heterocycles. The summed E-state index contributed by atoms with van der Waals surface area (Å²) in [5, 5.41) is 0. The monoisotopic (exact) mass is 293 g/mol. The topological polar surface area (TPSA) is 92.4 Å². The van der Waals surface area contributed by atoms with E-state index in [2.05, 4.69) is 44.0 Å². The van der Waals surface area contributed by atoms with Crippen molar-refractivity contribution in [1.82, 2.24) is 15.0 Å². The molecule has 2 saturated heterocycles. The summed E-state index contributed by atoms with van der Waals surface area (Å²) < 4.78 is 5.86. The summed E-state index contributed by atoms with van der Waals surface area (Å²) in [7, 11) is 0. The lowest BCUT2D eigenvalue weighted by Crippen LogP contribution is -2.43. The van der Waals surface area contributed by atoms with Crippen LogP contribution in [0.25, 0.3) is 0 Å². The largest absolute Gasteiger partial charge is 0.371 e. The molecule has 2 atom stereocenters. The Morgan fingerprint density at radius 1 is 1.19 bits per heavy atom. The zero-order valence-corrected chi connectivity index (χ0v) is 12.6.